The Bertz CT molecular complexity index is 505. The van der Waals surface area contributed by atoms with Gasteiger partial charge in [-0.15, -0.1) is 0 Å². The summed E-state index contributed by atoms with van der Waals surface area (Å²) >= 11 is 5.84. The summed E-state index contributed by atoms with van der Waals surface area (Å²) in [7, 11) is 1.31. The first-order valence-corrected chi connectivity index (χ1v) is 6.07. The summed E-state index contributed by atoms with van der Waals surface area (Å²) in [6.07, 6.45) is 0.528. The van der Waals surface area contributed by atoms with Gasteiger partial charge in [0.1, 0.15) is 11.1 Å². The smallest absolute Gasteiger partial charge is 0.328 e. The zero-order valence-corrected chi connectivity index (χ0v) is 11.7. The molecule has 6 nitrogen and oxygen atoms in total. The second kappa shape index (κ2) is 6.38. The number of halogens is 1. The van der Waals surface area contributed by atoms with E-state index in [1.807, 2.05) is 6.92 Å². The summed E-state index contributed by atoms with van der Waals surface area (Å²) in [5, 5.41) is 13.7. The van der Waals surface area contributed by atoms with E-state index in [2.05, 4.69) is 10.1 Å². The lowest BCUT2D eigenvalue weighted by atomic mass is 10.1. The number of hydrogen-bond donors (Lipinski definition) is 1. The predicted molar refractivity (Wildman–Crippen MR) is 72.6 cm³/mol. The zero-order chi connectivity index (χ0) is 14.6. The Morgan fingerprint density at radius 3 is 2.68 bits per heavy atom. The molecule has 0 aliphatic heterocycles. The standard InChI is InChI=1S/C12H15ClN2O4/c1-4-9(12(16)19-3)14-10-6-8(13)11(15(17)18)5-7(10)2/h5-6,9,14H,4H2,1-3H3. The number of esters is 1. The van der Waals surface area contributed by atoms with Crippen molar-refractivity contribution in [3.8, 4) is 0 Å². The van der Waals surface area contributed by atoms with Gasteiger partial charge < -0.3 is 10.1 Å². The highest BCUT2D eigenvalue weighted by molar-refractivity contribution is 6.33. The lowest BCUT2D eigenvalue weighted by molar-refractivity contribution is -0.384. The highest BCUT2D eigenvalue weighted by atomic mass is 35.5. The lowest BCUT2D eigenvalue weighted by Crippen LogP contribution is -2.30. The Balaban J connectivity index is 3.05. The molecule has 0 spiro atoms. The fraction of sp³-hybridized carbons (Fsp3) is 0.417. The maximum Gasteiger partial charge on any atom is 0.328 e. The molecule has 0 aromatic heterocycles. The van der Waals surface area contributed by atoms with E-state index in [0.717, 1.165) is 0 Å². The summed E-state index contributed by atoms with van der Waals surface area (Å²) in [6.45, 7) is 3.53. The number of nitrogens with zero attached hydrogens (tertiary/aromatic N) is 1. The van der Waals surface area contributed by atoms with Crippen molar-refractivity contribution < 1.29 is 14.5 Å². The van der Waals surface area contributed by atoms with Gasteiger partial charge in [-0.3, -0.25) is 10.1 Å². The molecule has 1 aromatic rings. The number of nitro benzene ring substituents is 1. The highest BCUT2D eigenvalue weighted by Crippen LogP contribution is 2.31. The lowest BCUT2D eigenvalue weighted by Gasteiger charge is -2.17. The molecule has 0 amide bonds. The van der Waals surface area contributed by atoms with Crippen LogP contribution in [0.25, 0.3) is 0 Å². The van der Waals surface area contributed by atoms with Gasteiger partial charge in [0.2, 0.25) is 0 Å². The molecule has 0 aliphatic rings. The topological polar surface area (TPSA) is 81.5 Å². The molecule has 0 aliphatic carbocycles. The van der Waals surface area contributed by atoms with Crippen LogP contribution in [-0.2, 0) is 9.53 Å². The second-order valence-corrected chi connectivity index (χ2v) is 4.41. The maximum atomic E-state index is 11.5. The minimum Gasteiger partial charge on any atom is -0.467 e. The molecule has 0 saturated heterocycles. The number of ether oxygens (including phenoxy) is 1. The number of carbonyl (C=O) groups excluding carboxylic acids is 1. The molecular formula is C12H15ClN2O4. The number of nitrogens with one attached hydrogen (secondary N) is 1. The van der Waals surface area contributed by atoms with E-state index in [0.29, 0.717) is 17.7 Å². The number of methoxy groups -OCH3 is 1. The first kappa shape index (κ1) is 15.2. The van der Waals surface area contributed by atoms with Gasteiger partial charge >= 0.3 is 5.97 Å². The van der Waals surface area contributed by atoms with Crippen molar-refractivity contribution in [3.63, 3.8) is 0 Å². The molecule has 0 heterocycles. The number of nitro groups is 1. The van der Waals surface area contributed by atoms with Gasteiger partial charge in [0.25, 0.3) is 5.69 Å². The van der Waals surface area contributed by atoms with Crippen LogP contribution in [0.3, 0.4) is 0 Å². The minimum absolute atomic E-state index is 0.0258. The molecule has 104 valence electrons. The molecule has 1 atom stereocenters. The number of hydrogen-bond acceptors (Lipinski definition) is 5. The Morgan fingerprint density at radius 2 is 2.21 bits per heavy atom. The van der Waals surface area contributed by atoms with Crippen molar-refractivity contribution in [1.29, 1.82) is 0 Å². The van der Waals surface area contributed by atoms with Crippen molar-refractivity contribution in [2.75, 3.05) is 12.4 Å². The average molecular weight is 287 g/mol. The van der Waals surface area contributed by atoms with Crippen molar-refractivity contribution in [3.05, 3.63) is 32.8 Å². The van der Waals surface area contributed by atoms with Gasteiger partial charge in [0, 0.05) is 11.8 Å². The Hall–Kier alpha value is -1.82. The number of anilines is 1. The van der Waals surface area contributed by atoms with E-state index in [9.17, 15) is 14.9 Å². The molecule has 7 heteroatoms. The monoisotopic (exact) mass is 286 g/mol. The van der Waals surface area contributed by atoms with Gasteiger partial charge in [-0.05, 0) is 25.0 Å². The molecule has 19 heavy (non-hydrogen) atoms. The first-order chi connectivity index (χ1) is 8.90. The fourth-order valence-corrected chi connectivity index (χ4v) is 1.85. The number of aryl methyl sites for hydroxylation is 1. The molecule has 0 bridgehead atoms. The molecule has 0 saturated carbocycles. The van der Waals surface area contributed by atoms with Gasteiger partial charge in [-0.1, -0.05) is 18.5 Å². The van der Waals surface area contributed by atoms with Gasteiger partial charge in [0.15, 0.2) is 0 Å². The number of rotatable bonds is 5. The first-order valence-electron chi connectivity index (χ1n) is 5.69. The van der Waals surface area contributed by atoms with E-state index >= 15 is 0 Å². The van der Waals surface area contributed by atoms with Crippen LogP contribution < -0.4 is 5.32 Å². The Morgan fingerprint density at radius 1 is 1.58 bits per heavy atom. The normalized spacial score (nSPS) is 11.8. The summed E-state index contributed by atoms with van der Waals surface area (Å²) < 4.78 is 4.66. The summed E-state index contributed by atoms with van der Waals surface area (Å²) in [4.78, 5) is 21.7. The van der Waals surface area contributed by atoms with Crippen molar-refractivity contribution in [2.45, 2.75) is 26.3 Å². The van der Waals surface area contributed by atoms with Crippen molar-refractivity contribution in [1.82, 2.24) is 0 Å². The third-order valence-corrected chi connectivity index (χ3v) is 3.02. The van der Waals surface area contributed by atoms with Crippen LogP contribution >= 0.6 is 11.6 Å². The molecular weight excluding hydrogens is 272 g/mol. The van der Waals surface area contributed by atoms with E-state index in [1.54, 1.807) is 6.92 Å². The predicted octanol–water partition coefficient (Wildman–Crippen LogP) is 2.92. The summed E-state index contributed by atoms with van der Waals surface area (Å²) in [5.41, 5.74) is 1.06. The van der Waals surface area contributed by atoms with Gasteiger partial charge in [0.05, 0.1) is 12.0 Å². The van der Waals surface area contributed by atoms with E-state index < -0.39 is 16.9 Å². The summed E-state index contributed by atoms with van der Waals surface area (Å²) in [6, 6.07) is 2.30. The van der Waals surface area contributed by atoms with E-state index in [4.69, 9.17) is 11.6 Å². The Labute approximate surface area is 115 Å². The average Bonchev–Trinajstić information content (AvgIpc) is 2.37. The van der Waals surface area contributed by atoms with Gasteiger partial charge in [-0.25, -0.2) is 4.79 Å². The molecule has 1 aromatic carbocycles. The number of benzene rings is 1. The van der Waals surface area contributed by atoms with E-state index in [-0.39, 0.29) is 10.7 Å². The van der Waals surface area contributed by atoms with Crippen LogP contribution in [0.15, 0.2) is 12.1 Å². The van der Waals surface area contributed by atoms with Crippen LogP contribution in [-0.4, -0.2) is 24.0 Å². The molecule has 0 fully saturated rings. The Kier molecular flexibility index (Phi) is 5.11. The third-order valence-electron chi connectivity index (χ3n) is 2.71. The maximum absolute atomic E-state index is 11.5. The van der Waals surface area contributed by atoms with Crippen LogP contribution in [0, 0.1) is 17.0 Å². The van der Waals surface area contributed by atoms with Crippen LogP contribution in [0.1, 0.15) is 18.9 Å². The summed E-state index contributed by atoms with van der Waals surface area (Å²) in [5.74, 6) is -0.392. The second-order valence-electron chi connectivity index (χ2n) is 4.00. The highest BCUT2D eigenvalue weighted by Gasteiger charge is 2.20. The minimum atomic E-state index is -0.545. The van der Waals surface area contributed by atoms with Crippen LogP contribution in [0.5, 0.6) is 0 Å². The number of carbonyl (C=O) groups is 1. The molecule has 1 N–H and O–H groups in total. The van der Waals surface area contributed by atoms with Crippen molar-refractivity contribution in [2.24, 2.45) is 0 Å². The third kappa shape index (κ3) is 3.57. The van der Waals surface area contributed by atoms with Crippen LogP contribution in [0.4, 0.5) is 11.4 Å². The largest absolute Gasteiger partial charge is 0.467 e. The molecule has 1 rings (SSSR count). The van der Waals surface area contributed by atoms with Crippen molar-refractivity contribution >= 4 is 28.9 Å². The molecule has 0 radical (unpaired) electrons. The molecule has 1 unspecified atom stereocenters. The van der Waals surface area contributed by atoms with Gasteiger partial charge in [-0.2, -0.15) is 0 Å². The quantitative estimate of drug-likeness (QED) is 0.511. The zero-order valence-electron chi connectivity index (χ0n) is 10.9. The van der Waals surface area contributed by atoms with E-state index in [1.165, 1.54) is 19.2 Å². The fourth-order valence-electron chi connectivity index (χ4n) is 1.62. The van der Waals surface area contributed by atoms with Crippen LogP contribution in [0.2, 0.25) is 5.02 Å². The SMILES string of the molecule is CCC(Nc1cc(Cl)c([N+](=O)[O-])cc1C)C(=O)OC.